The van der Waals surface area contributed by atoms with Crippen LogP contribution in [0.3, 0.4) is 0 Å². The van der Waals surface area contributed by atoms with E-state index in [-0.39, 0.29) is 0 Å². The molecule has 2 atom stereocenters. The number of ether oxygens (including phenoxy) is 1. The molecule has 0 bridgehead atoms. The maximum Gasteiger partial charge on any atom is 0.367 e. The van der Waals surface area contributed by atoms with Crippen molar-refractivity contribution >= 4 is 11.9 Å². The molecule has 2 unspecified atom stereocenters. The van der Waals surface area contributed by atoms with Crippen LogP contribution in [0.25, 0.3) is 0 Å². The lowest BCUT2D eigenvalue weighted by atomic mass is 10.1. The third kappa shape index (κ3) is 3.09. The first-order valence-corrected chi connectivity index (χ1v) is 5.78. The van der Waals surface area contributed by atoms with Crippen molar-refractivity contribution in [1.82, 2.24) is 0 Å². The maximum atomic E-state index is 13.6. The number of allylic oxidation sites excluding steroid dienone is 1. The molecule has 0 aromatic rings. The molecule has 0 heterocycles. The minimum atomic E-state index is -1.22. The summed E-state index contributed by atoms with van der Waals surface area (Å²) in [6.07, 6.45) is 1.02. The molecule has 5 heteroatoms. The zero-order chi connectivity index (χ0) is 14.3. The highest BCUT2D eigenvalue weighted by atomic mass is 19.1. The Morgan fingerprint density at radius 3 is 2.17 bits per heavy atom. The van der Waals surface area contributed by atoms with Crippen LogP contribution in [0.15, 0.2) is 11.9 Å². The smallest absolute Gasteiger partial charge is 0.367 e. The molecule has 0 radical (unpaired) electrons. The van der Waals surface area contributed by atoms with E-state index in [2.05, 4.69) is 0 Å². The number of rotatable bonds is 3. The first kappa shape index (κ1) is 14.7. The zero-order valence-corrected chi connectivity index (χ0v) is 11.2. The monoisotopic (exact) mass is 257 g/mol. The Balaban J connectivity index is 2.74. The average molecular weight is 257 g/mol. The van der Waals surface area contributed by atoms with Gasteiger partial charge in [-0.15, -0.1) is 0 Å². The Morgan fingerprint density at radius 1 is 1.33 bits per heavy atom. The third-order valence-corrected chi connectivity index (χ3v) is 3.08. The van der Waals surface area contributed by atoms with E-state index in [0.717, 1.165) is 6.08 Å². The fourth-order valence-corrected chi connectivity index (χ4v) is 1.99. The van der Waals surface area contributed by atoms with Gasteiger partial charge in [-0.25, -0.2) is 4.79 Å². The minimum Gasteiger partial charge on any atom is -0.550 e. The summed E-state index contributed by atoms with van der Waals surface area (Å²) in [5, 5.41) is 10.8. The fourth-order valence-electron chi connectivity index (χ4n) is 1.99. The normalized spacial score (nSPS) is 26.7. The number of halogens is 1. The highest BCUT2D eigenvalue weighted by molar-refractivity contribution is 5.87. The van der Waals surface area contributed by atoms with Gasteiger partial charge in [0.1, 0.15) is 5.60 Å². The molecule has 1 aliphatic carbocycles. The largest absolute Gasteiger partial charge is 0.550 e. The van der Waals surface area contributed by atoms with Crippen molar-refractivity contribution in [3.8, 4) is 0 Å². The van der Waals surface area contributed by atoms with Crippen LogP contribution in [0.2, 0.25) is 0 Å². The van der Waals surface area contributed by atoms with E-state index in [4.69, 9.17) is 4.74 Å². The predicted octanol–water partition coefficient (Wildman–Crippen LogP) is 1.20. The first-order valence-electron chi connectivity index (χ1n) is 5.78. The number of hydrogen-bond donors (Lipinski definition) is 0. The van der Waals surface area contributed by atoms with Crippen LogP contribution in [0.5, 0.6) is 0 Å². The molecule has 0 aromatic carbocycles. The van der Waals surface area contributed by atoms with Crippen molar-refractivity contribution in [3.63, 3.8) is 0 Å². The topological polar surface area (TPSA) is 66.4 Å². The molecule has 0 aliphatic heterocycles. The summed E-state index contributed by atoms with van der Waals surface area (Å²) < 4.78 is 18.4. The summed E-state index contributed by atoms with van der Waals surface area (Å²) in [6, 6.07) is 0. The number of carbonyl (C=O) groups excluding carboxylic acids is 2. The van der Waals surface area contributed by atoms with Crippen LogP contribution >= 0.6 is 0 Å². The van der Waals surface area contributed by atoms with Crippen LogP contribution in [-0.4, -0.2) is 17.5 Å². The Bertz CT molecular complexity index is 404. The Morgan fingerprint density at radius 2 is 1.83 bits per heavy atom. The average Bonchev–Trinajstić information content (AvgIpc) is 2.64. The summed E-state index contributed by atoms with van der Waals surface area (Å²) in [5.41, 5.74) is -1.37. The van der Waals surface area contributed by atoms with Crippen molar-refractivity contribution in [1.29, 1.82) is 0 Å². The van der Waals surface area contributed by atoms with Gasteiger partial charge in [-0.2, -0.15) is 4.39 Å². The summed E-state index contributed by atoms with van der Waals surface area (Å²) in [7, 11) is 0. The maximum absolute atomic E-state index is 13.6. The molecule has 0 N–H and O–H groups in total. The van der Waals surface area contributed by atoms with Gasteiger partial charge in [-0.3, -0.25) is 0 Å². The lowest BCUT2D eigenvalue weighted by Gasteiger charge is -2.18. The molecule has 1 fully saturated rings. The van der Waals surface area contributed by atoms with Gasteiger partial charge < -0.3 is 14.6 Å². The zero-order valence-electron chi connectivity index (χ0n) is 11.2. The molecule has 0 amide bonds. The number of aliphatic carboxylic acids is 1. The molecule has 0 saturated heterocycles. The van der Waals surface area contributed by atoms with E-state index in [1.807, 2.05) is 0 Å². The van der Waals surface area contributed by atoms with Crippen molar-refractivity contribution in [3.05, 3.63) is 11.9 Å². The third-order valence-electron chi connectivity index (χ3n) is 3.08. The van der Waals surface area contributed by atoms with E-state index in [1.54, 1.807) is 34.6 Å². The number of hydrogen-bond acceptors (Lipinski definition) is 4. The molecule has 1 aliphatic rings. The van der Waals surface area contributed by atoms with Gasteiger partial charge in [-0.05, 0) is 38.2 Å². The number of carbonyl (C=O) groups is 2. The standard InChI is InChI=1S/C13H19FO4/c1-12(2,3)18-11(17)8(14)6-7-9(10(15)16)13(7,4)5/h6-7,9H,1-5H3,(H,15,16)/p-1/b8-6+. The van der Waals surface area contributed by atoms with Crippen molar-refractivity contribution in [2.45, 2.75) is 40.2 Å². The molecule has 102 valence electrons. The van der Waals surface area contributed by atoms with E-state index >= 15 is 0 Å². The van der Waals surface area contributed by atoms with E-state index in [9.17, 15) is 19.1 Å². The summed E-state index contributed by atoms with van der Waals surface area (Å²) in [6.45, 7) is 8.27. The Labute approximate surface area is 106 Å². The van der Waals surface area contributed by atoms with E-state index < -0.39 is 40.6 Å². The molecule has 4 nitrogen and oxygen atoms in total. The Kier molecular flexibility index (Phi) is 3.56. The van der Waals surface area contributed by atoms with Gasteiger partial charge in [0.15, 0.2) is 0 Å². The molecular weight excluding hydrogens is 239 g/mol. The lowest BCUT2D eigenvalue weighted by molar-refractivity contribution is -0.309. The second-order valence-corrected chi connectivity index (χ2v) is 6.16. The second-order valence-electron chi connectivity index (χ2n) is 6.16. The SMILES string of the molecule is CC(C)(C)OC(=O)/C(F)=C\C1C(C(=O)[O-])C1(C)C. The molecule has 1 rings (SSSR count). The summed E-state index contributed by atoms with van der Waals surface area (Å²) in [4.78, 5) is 22.2. The highest BCUT2D eigenvalue weighted by Gasteiger charge is 2.57. The number of esters is 1. The van der Waals surface area contributed by atoms with E-state index in [1.165, 1.54) is 0 Å². The van der Waals surface area contributed by atoms with E-state index in [0.29, 0.717) is 0 Å². The van der Waals surface area contributed by atoms with Crippen molar-refractivity contribution < 1.29 is 23.8 Å². The quantitative estimate of drug-likeness (QED) is 0.563. The van der Waals surface area contributed by atoms with Gasteiger partial charge in [0, 0.05) is 11.9 Å². The molecule has 0 spiro atoms. The minimum absolute atomic E-state index is 0.532. The lowest BCUT2D eigenvalue weighted by Crippen LogP contribution is -2.26. The molecule has 0 aromatic heterocycles. The summed E-state index contributed by atoms with van der Waals surface area (Å²) >= 11 is 0. The molecule has 18 heavy (non-hydrogen) atoms. The fraction of sp³-hybridized carbons (Fsp3) is 0.692. The van der Waals surface area contributed by atoms with Crippen LogP contribution in [-0.2, 0) is 14.3 Å². The predicted molar refractivity (Wildman–Crippen MR) is 60.8 cm³/mol. The number of carboxylic acid groups (broad SMARTS) is 1. The molecule has 1 saturated carbocycles. The van der Waals surface area contributed by atoms with Gasteiger partial charge >= 0.3 is 5.97 Å². The number of carboxylic acids is 1. The highest BCUT2D eigenvalue weighted by Crippen LogP contribution is 2.59. The molecular formula is C13H18FO4-. The Hall–Kier alpha value is -1.39. The summed E-state index contributed by atoms with van der Waals surface area (Å²) in [5.74, 6) is -4.63. The van der Waals surface area contributed by atoms with Crippen LogP contribution < -0.4 is 5.11 Å². The van der Waals surface area contributed by atoms with Crippen molar-refractivity contribution in [2.75, 3.05) is 0 Å². The van der Waals surface area contributed by atoms with Crippen LogP contribution in [0.1, 0.15) is 34.6 Å². The van der Waals surface area contributed by atoms with Gasteiger partial charge in [0.05, 0.1) is 0 Å². The van der Waals surface area contributed by atoms with Crippen molar-refractivity contribution in [2.24, 2.45) is 17.3 Å². The van der Waals surface area contributed by atoms with Crippen LogP contribution in [0.4, 0.5) is 4.39 Å². The van der Waals surface area contributed by atoms with Gasteiger partial charge in [0.25, 0.3) is 0 Å². The second kappa shape index (κ2) is 4.37. The van der Waals surface area contributed by atoms with Gasteiger partial charge in [-0.1, -0.05) is 13.8 Å². The first-order chi connectivity index (χ1) is 7.97. The van der Waals surface area contributed by atoms with Gasteiger partial charge in [0.2, 0.25) is 5.83 Å². The van der Waals surface area contributed by atoms with Crippen LogP contribution in [0, 0.1) is 17.3 Å².